The number of anilines is 1. The van der Waals surface area contributed by atoms with Crippen molar-refractivity contribution < 1.29 is 4.79 Å². The van der Waals surface area contributed by atoms with E-state index in [0.717, 1.165) is 5.69 Å². The van der Waals surface area contributed by atoms with Crippen LogP contribution < -0.4 is 4.90 Å². The lowest BCUT2D eigenvalue weighted by Crippen LogP contribution is -2.49. The van der Waals surface area contributed by atoms with E-state index >= 15 is 0 Å². The normalized spacial score (nSPS) is 14.2. The number of carbonyl (C=O) groups excluding carboxylic acids is 1. The third kappa shape index (κ3) is 3.76. The minimum absolute atomic E-state index is 0.107. The molecule has 3 heterocycles. The molecular formula is C22H19Cl2N7O. The summed E-state index contributed by atoms with van der Waals surface area (Å²) in [6.45, 7) is 4.33. The lowest BCUT2D eigenvalue weighted by Gasteiger charge is -2.35. The third-order valence-corrected chi connectivity index (χ3v) is 6.07. The van der Waals surface area contributed by atoms with E-state index in [-0.39, 0.29) is 5.91 Å². The van der Waals surface area contributed by atoms with Gasteiger partial charge in [-0.3, -0.25) is 4.79 Å². The van der Waals surface area contributed by atoms with Crippen LogP contribution in [0.25, 0.3) is 16.9 Å². The fourth-order valence-corrected chi connectivity index (χ4v) is 4.27. The van der Waals surface area contributed by atoms with Gasteiger partial charge in [-0.25, -0.2) is 9.97 Å². The minimum atomic E-state index is -0.107. The molecule has 0 bridgehead atoms. The molecule has 0 aliphatic carbocycles. The van der Waals surface area contributed by atoms with Crippen LogP contribution in [0.4, 0.5) is 5.82 Å². The van der Waals surface area contributed by atoms with Crippen molar-refractivity contribution in [1.82, 2.24) is 29.9 Å². The summed E-state index contributed by atoms with van der Waals surface area (Å²) >= 11 is 12.2. The molecule has 0 radical (unpaired) electrons. The largest absolute Gasteiger partial charge is 0.351 e. The molecule has 8 nitrogen and oxygen atoms in total. The van der Waals surface area contributed by atoms with Crippen molar-refractivity contribution >= 4 is 46.1 Å². The Morgan fingerprint density at radius 1 is 0.969 bits per heavy atom. The third-order valence-electron chi connectivity index (χ3n) is 5.52. The van der Waals surface area contributed by atoms with Crippen molar-refractivity contribution in [1.29, 1.82) is 0 Å². The zero-order valence-electron chi connectivity index (χ0n) is 17.2. The molecule has 2 aromatic heterocycles. The summed E-state index contributed by atoms with van der Waals surface area (Å²) < 4.78 is 1.71. The fourth-order valence-electron chi connectivity index (χ4n) is 3.78. The van der Waals surface area contributed by atoms with Crippen LogP contribution in [0.5, 0.6) is 0 Å². The monoisotopic (exact) mass is 467 g/mol. The Bertz CT molecular complexity index is 1300. The topological polar surface area (TPSA) is 80.0 Å². The molecule has 0 saturated carbocycles. The van der Waals surface area contributed by atoms with Gasteiger partial charge in [0.1, 0.15) is 6.33 Å². The van der Waals surface area contributed by atoms with Crippen LogP contribution in [0.2, 0.25) is 10.0 Å². The first kappa shape index (κ1) is 20.7. The summed E-state index contributed by atoms with van der Waals surface area (Å²) in [6.07, 6.45) is 1.52. The summed E-state index contributed by atoms with van der Waals surface area (Å²) in [5, 5.41) is 9.51. The molecule has 0 N–H and O–H groups in total. The number of fused-ring (bicyclic) bond motifs is 1. The second-order valence-corrected chi connectivity index (χ2v) is 8.45. The molecule has 5 rings (SSSR count). The highest BCUT2D eigenvalue weighted by Crippen LogP contribution is 2.26. The zero-order chi connectivity index (χ0) is 22.2. The van der Waals surface area contributed by atoms with E-state index in [1.165, 1.54) is 11.9 Å². The Hall–Kier alpha value is -3.23. The van der Waals surface area contributed by atoms with Crippen molar-refractivity contribution in [3.63, 3.8) is 0 Å². The molecule has 1 fully saturated rings. The number of rotatable bonds is 3. The first-order valence-electron chi connectivity index (χ1n) is 10.1. The predicted molar refractivity (Wildman–Crippen MR) is 124 cm³/mol. The van der Waals surface area contributed by atoms with Crippen molar-refractivity contribution in [2.24, 2.45) is 0 Å². The second kappa shape index (κ2) is 8.37. The number of aromatic nitrogens is 5. The predicted octanol–water partition coefficient (Wildman–Crippen LogP) is 3.79. The number of benzene rings is 2. The average Bonchev–Trinajstić information content (AvgIpc) is 3.24. The molecular weight excluding hydrogens is 449 g/mol. The summed E-state index contributed by atoms with van der Waals surface area (Å²) in [7, 11) is 0. The molecule has 162 valence electrons. The molecule has 4 aromatic rings. The van der Waals surface area contributed by atoms with Gasteiger partial charge in [0.05, 0.1) is 16.3 Å². The molecule has 1 amide bonds. The van der Waals surface area contributed by atoms with Gasteiger partial charge in [0.15, 0.2) is 17.0 Å². The van der Waals surface area contributed by atoms with Gasteiger partial charge in [-0.1, -0.05) is 46.1 Å². The van der Waals surface area contributed by atoms with Gasteiger partial charge >= 0.3 is 0 Å². The summed E-state index contributed by atoms with van der Waals surface area (Å²) in [5.41, 5.74) is 3.78. The Balaban J connectivity index is 1.36. The molecule has 1 aliphatic rings. The van der Waals surface area contributed by atoms with Crippen molar-refractivity contribution in [3.8, 4) is 5.69 Å². The molecule has 10 heteroatoms. The SMILES string of the molecule is Cc1ccc(-n2nnc3c(N4CCN(C(=O)c5ccc(Cl)cc5Cl)CC4)ncnc32)cc1. The molecule has 0 atom stereocenters. The zero-order valence-corrected chi connectivity index (χ0v) is 18.8. The number of hydrogen-bond donors (Lipinski definition) is 0. The number of hydrogen-bond acceptors (Lipinski definition) is 6. The molecule has 0 unspecified atom stereocenters. The van der Waals surface area contributed by atoms with E-state index in [9.17, 15) is 4.79 Å². The van der Waals surface area contributed by atoms with Crippen LogP contribution in [0.1, 0.15) is 15.9 Å². The maximum atomic E-state index is 12.9. The van der Waals surface area contributed by atoms with E-state index < -0.39 is 0 Å². The average molecular weight is 468 g/mol. The van der Waals surface area contributed by atoms with Gasteiger partial charge in [0.25, 0.3) is 5.91 Å². The van der Waals surface area contributed by atoms with Crippen LogP contribution in [-0.2, 0) is 0 Å². The highest BCUT2D eigenvalue weighted by atomic mass is 35.5. The van der Waals surface area contributed by atoms with E-state index in [0.29, 0.717) is 58.8 Å². The maximum absolute atomic E-state index is 12.9. The lowest BCUT2D eigenvalue weighted by molar-refractivity contribution is 0.0747. The van der Waals surface area contributed by atoms with Gasteiger partial charge in [-0.15, -0.1) is 5.10 Å². The number of amides is 1. The van der Waals surface area contributed by atoms with Crippen LogP contribution >= 0.6 is 23.2 Å². The minimum Gasteiger partial charge on any atom is -0.351 e. The number of carbonyl (C=O) groups is 1. The number of aryl methyl sites for hydroxylation is 1. The van der Waals surface area contributed by atoms with Crippen molar-refractivity contribution in [2.75, 3.05) is 31.1 Å². The number of halogens is 2. The van der Waals surface area contributed by atoms with E-state index in [1.54, 1.807) is 27.8 Å². The smallest absolute Gasteiger partial charge is 0.255 e. The molecule has 1 aliphatic heterocycles. The van der Waals surface area contributed by atoms with Crippen LogP contribution in [-0.4, -0.2) is 61.9 Å². The Morgan fingerprint density at radius 3 is 2.44 bits per heavy atom. The standard InChI is InChI=1S/C22H19Cl2N7O/c1-14-2-5-16(6-3-14)31-21-19(27-28-31)20(25-13-26-21)29-8-10-30(11-9-29)22(32)17-7-4-15(23)12-18(17)24/h2-7,12-13H,8-11H2,1H3. The van der Waals surface area contributed by atoms with Crippen LogP contribution in [0.3, 0.4) is 0 Å². The summed E-state index contributed by atoms with van der Waals surface area (Å²) in [4.78, 5) is 25.7. The first-order chi connectivity index (χ1) is 15.5. The van der Waals surface area contributed by atoms with E-state index in [1.807, 2.05) is 31.2 Å². The van der Waals surface area contributed by atoms with Crippen molar-refractivity contribution in [2.45, 2.75) is 6.92 Å². The van der Waals surface area contributed by atoms with E-state index in [4.69, 9.17) is 23.2 Å². The van der Waals surface area contributed by atoms with Gasteiger partial charge in [0, 0.05) is 31.2 Å². The van der Waals surface area contributed by atoms with Gasteiger partial charge in [0.2, 0.25) is 0 Å². The summed E-state index contributed by atoms with van der Waals surface area (Å²) in [6, 6.07) is 12.9. The van der Waals surface area contributed by atoms with Gasteiger partial charge in [-0.05, 0) is 37.3 Å². The molecule has 0 spiro atoms. The molecule has 32 heavy (non-hydrogen) atoms. The maximum Gasteiger partial charge on any atom is 0.255 e. The van der Waals surface area contributed by atoms with Crippen LogP contribution in [0, 0.1) is 6.92 Å². The highest BCUT2D eigenvalue weighted by molar-refractivity contribution is 6.36. The number of nitrogens with zero attached hydrogens (tertiary/aromatic N) is 7. The Morgan fingerprint density at radius 2 is 1.72 bits per heavy atom. The van der Waals surface area contributed by atoms with Crippen LogP contribution in [0.15, 0.2) is 48.8 Å². The lowest BCUT2D eigenvalue weighted by atomic mass is 10.1. The second-order valence-electron chi connectivity index (χ2n) is 7.61. The first-order valence-corrected chi connectivity index (χ1v) is 10.9. The van der Waals surface area contributed by atoms with Crippen molar-refractivity contribution in [3.05, 3.63) is 70.0 Å². The number of piperazine rings is 1. The Kier molecular flexibility index (Phi) is 5.40. The molecule has 1 saturated heterocycles. The van der Waals surface area contributed by atoms with E-state index in [2.05, 4.69) is 25.2 Å². The fraction of sp³-hybridized carbons (Fsp3) is 0.227. The van der Waals surface area contributed by atoms with Gasteiger partial charge < -0.3 is 9.80 Å². The quantitative estimate of drug-likeness (QED) is 0.455. The Labute approximate surface area is 194 Å². The highest BCUT2D eigenvalue weighted by Gasteiger charge is 2.26. The summed E-state index contributed by atoms with van der Waals surface area (Å²) in [5.74, 6) is 0.606. The van der Waals surface area contributed by atoms with Gasteiger partial charge in [-0.2, -0.15) is 4.68 Å². The molecule has 2 aromatic carbocycles.